The van der Waals surface area contributed by atoms with Crippen LogP contribution >= 0.6 is 0 Å². The number of hydrogen-bond donors (Lipinski definition) is 1. The van der Waals surface area contributed by atoms with Gasteiger partial charge in [0.1, 0.15) is 0 Å². The van der Waals surface area contributed by atoms with E-state index in [0.29, 0.717) is 19.1 Å². The molecule has 144 valence electrons. The second-order valence-corrected chi connectivity index (χ2v) is 10.7. The Labute approximate surface area is 152 Å². The molecule has 1 aliphatic carbocycles. The van der Waals surface area contributed by atoms with Gasteiger partial charge >= 0.3 is 0 Å². The van der Waals surface area contributed by atoms with Crippen molar-refractivity contribution in [1.29, 1.82) is 0 Å². The molecule has 0 atom stereocenters. The summed E-state index contributed by atoms with van der Waals surface area (Å²) in [6, 6.07) is 0.817. The van der Waals surface area contributed by atoms with Crippen molar-refractivity contribution in [1.82, 2.24) is 14.5 Å². The topological polar surface area (TPSA) is 69.7 Å². The summed E-state index contributed by atoms with van der Waals surface area (Å²) in [5.74, 6) is 0.288. The minimum atomic E-state index is -3.17. The van der Waals surface area contributed by atoms with Crippen LogP contribution in [0.4, 0.5) is 0 Å². The van der Waals surface area contributed by atoms with Crippen molar-refractivity contribution in [2.45, 2.75) is 76.1 Å². The van der Waals surface area contributed by atoms with Crippen molar-refractivity contribution < 1.29 is 13.2 Å². The van der Waals surface area contributed by atoms with Gasteiger partial charge in [0.2, 0.25) is 15.9 Å². The predicted octanol–water partition coefficient (Wildman–Crippen LogP) is 1.57. The van der Waals surface area contributed by atoms with Gasteiger partial charge in [-0.2, -0.15) is 0 Å². The molecule has 1 saturated carbocycles. The zero-order valence-corrected chi connectivity index (χ0v) is 16.4. The molecule has 0 bridgehead atoms. The van der Waals surface area contributed by atoms with Crippen LogP contribution < -0.4 is 5.32 Å². The molecule has 0 spiro atoms. The van der Waals surface area contributed by atoms with Crippen molar-refractivity contribution in [2.24, 2.45) is 5.92 Å². The number of carbonyl (C=O) groups excluding carboxylic acids is 1. The van der Waals surface area contributed by atoms with Gasteiger partial charge in [-0.25, -0.2) is 12.7 Å². The monoisotopic (exact) mass is 371 g/mol. The van der Waals surface area contributed by atoms with Gasteiger partial charge in [0.15, 0.2) is 0 Å². The highest BCUT2D eigenvalue weighted by atomic mass is 32.2. The molecule has 1 amide bonds. The van der Waals surface area contributed by atoms with Crippen molar-refractivity contribution in [2.75, 3.05) is 26.2 Å². The minimum Gasteiger partial charge on any atom is -0.353 e. The zero-order valence-electron chi connectivity index (χ0n) is 15.6. The van der Waals surface area contributed by atoms with Crippen molar-refractivity contribution in [3.05, 3.63) is 0 Å². The van der Waals surface area contributed by atoms with E-state index in [-0.39, 0.29) is 23.1 Å². The number of nitrogens with one attached hydrogen (secondary N) is 1. The number of nitrogens with zero attached hydrogens (tertiary/aromatic N) is 2. The maximum atomic E-state index is 12.4. The SMILES string of the molecule is CC(C)S(=O)(=O)N1CCC(NC(=O)C2CN(C3CCCCC3)C2)CC1. The molecule has 0 unspecified atom stereocenters. The van der Waals surface area contributed by atoms with E-state index in [1.54, 1.807) is 18.2 Å². The summed E-state index contributed by atoms with van der Waals surface area (Å²) in [5, 5.41) is 2.78. The molecule has 2 aliphatic heterocycles. The van der Waals surface area contributed by atoms with Crippen LogP contribution in [-0.4, -0.2) is 67.0 Å². The van der Waals surface area contributed by atoms with Crippen molar-refractivity contribution in [3.8, 4) is 0 Å². The second kappa shape index (κ2) is 7.92. The first-order valence-corrected chi connectivity index (χ1v) is 11.4. The smallest absolute Gasteiger partial charge is 0.225 e. The average molecular weight is 372 g/mol. The number of likely N-dealkylation sites (tertiary alicyclic amines) is 1. The van der Waals surface area contributed by atoms with Crippen LogP contribution in [0.5, 0.6) is 0 Å². The number of piperidine rings is 1. The standard InChI is InChI=1S/C18H33N3O3S/c1-14(2)25(23,24)21-10-8-16(9-11-21)19-18(22)15-12-20(13-15)17-6-4-3-5-7-17/h14-17H,3-13H2,1-2H3,(H,19,22). The van der Waals surface area contributed by atoms with Gasteiger partial charge < -0.3 is 5.32 Å². The zero-order chi connectivity index (χ0) is 18.0. The van der Waals surface area contributed by atoms with E-state index in [1.165, 1.54) is 32.1 Å². The predicted molar refractivity (Wildman–Crippen MR) is 98.7 cm³/mol. The Kier molecular flexibility index (Phi) is 6.06. The molecule has 3 aliphatic rings. The highest BCUT2D eigenvalue weighted by molar-refractivity contribution is 7.89. The Morgan fingerprint density at radius 2 is 1.60 bits per heavy atom. The average Bonchev–Trinajstić information content (AvgIpc) is 2.55. The molecule has 7 heteroatoms. The summed E-state index contributed by atoms with van der Waals surface area (Å²) in [4.78, 5) is 14.9. The minimum absolute atomic E-state index is 0.120. The number of hydrogen-bond acceptors (Lipinski definition) is 4. The molecule has 1 N–H and O–H groups in total. The van der Waals surface area contributed by atoms with E-state index in [1.807, 2.05) is 0 Å². The lowest BCUT2D eigenvalue weighted by Gasteiger charge is -2.45. The molecule has 0 aromatic rings. The van der Waals surface area contributed by atoms with Gasteiger partial charge in [0, 0.05) is 38.3 Å². The Bertz CT molecular complexity index is 558. The fourth-order valence-corrected chi connectivity index (χ4v) is 5.61. The second-order valence-electron chi connectivity index (χ2n) is 8.22. The molecule has 6 nitrogen and oxygen atoms in total. The fraction of sp³-hybridized carbons (Fsp3) is 0.944. The number of carbonyl (C=O) groups is 1. The van der Waals surface area contributed by atoms with E-state index in [9.17, 15) is 13.2 Å². The van der Waals surface area contributed by atoms with E-state index < -0.39 is 10.0 Å². The summed E-state index contributed by atoms with van der Waals surface area (Å²) in [6.45, 7) is 6.28. The number of rotatable bonds is 5. The summed E-state index contributed by atoms with van der Waals surface area (Å²) in [5.41, 5.74) is 0. The van der Waals surface area contributed by atoms with Gasteiger partial charge in [0.25, 0.3) is 0 Å². The molecular formula is C18H33N3O3S. The Balaban J connectivity index is 1.39. The Morgan fingerprint density at radius 1 is 1.00 bits per heavy atom. The first-order chi connectivity index (χ1) is 11.9. The molecule has 25 heavy (non-hydrogen) atoms. The normalized spacial score (nSPS) is 25.9. The molecule has 0 aromatic heterocycles. The maximum absolute atomic E-state index is 12.4. The molecule has 3 fully saturated rings. The van der Waals surface area contributed by atoms with E-state index in [4.69, 9.17) is 0 Å². The van der Waals surface area contributed by atoms with Crippen LogP contribution in [0.1, 0.15) is 58.8 Å². The number of amides is 1. The summed E-state index contributed by atoms with van der Waals surface area (Å²) < 4.78 is 26.0. The van der Waals surface area contributed by atoms with Crippen LogP contribution in [0.3, 0.4) is 0 Å². The first kappa shape index (κ1) is 19.1. The molecule has 3 rings (SSSR count). The molecule has 2 heterocycles. The van der Waals surface area contributed by atoms with E-state index in [0.717, 1.165) is 25.9 Å². The summed E-state index contributed by atoms with van der Waals surface area (Å²) >= 11 is 0. The maximum Gasteiger partial charge on any atom is 0.225 e. The Hall–Kier alpha value is -0.660. The largest absolute Gasteiger partial charge is 0.353 e. The number of sulfonamides is 1. The van der Waals surface area contributed by atoms with Gasteiger partial charge in [-0.15, -0.1) is 0 Å². The van der Waals surface area contributed by atoms with Crippen LogP contribution in [0.2, 0.25) is 0 Å². The fourth-order valence-electron chi connectivity index (χ4n) is 4.29. The van der Waals surface area contributed by atoms with Crippen LogP contribution in [-0.2, 0) is 14.8 Å². The third-order valence-electron chi connectivity index (χ3n) is 6.13. The van der Waals surface area contributed by atoms with Crippen molar-refractivity contribution in [3.63, 3.8) is 0 Å². The van der Waals surface area contributed by atoms with Gasteiger partial charge in [0.05, 0.1) is 11.2 Å². The van der Waals surface area contributed by atoms with Crippen molar-refractivity contribution >= 4 is 15.9 Å². The third-order valence-corrected chi connectivity index (χ3v) is 8.40. The summed E-state index contributed by atoms with van der Waals surface area (Å²) in [6.07, 6.45) is 8.03. The molecular weight excluding hydrogens is 338 g/mol. The molecule has 0 radical (unpaired) electrons. The van der Waals surface area contributed by atoms with Crippen LogP contribution in [0.25, 0.3) is 0 Å². The quantitative estimate of drug-likeness (QED) is 0.796. The van der Waals surface area contributed by atoms with Crippen LogP contribution in [0, 0.1) is 5.92 Å². The van der Waals surface area contributed by atoms with Gasteiger partial charge in [-0.05, 0) is 39.5 Å². The van der Waals surface area contributed by atoms with Gasteiger partial charge in [-0.1, -0.05) is 19.3 Å². The highest BCUT2D eigenvalue weighted by Crippen LogP contribution is 2.29. The van der Waals surface area contributed by atoms with Crippen LogP contribution in [0.15, 0.2) is 0 Å². The lowest BCUT2D eigenvalue weighted by Crippen LogP contribution is -2.59. The summed E-state index contributed by atoms with van der Waals surface area (Å²) in [7, 11) is -3.17. The van der Waals surface area contributed by atoms with E-state index >= 15 is 0 Å². The highest BCUT2D eigenvalue weighted by Gasteiger charge is 2.38. The first-order valence-electron chi connectivity index (χ1n) is 9.91. The Morgan fingerprint density at radius 3 is 2.16 bits per heavy atom. The molecule has 0 aromatic carbocycles. The molecule has 2 saturated heterocycles. The van der Waals surface area contributed by atoms with E-state index in [2.05, 4.69) is 10.2 Å². The third kappa shape index (κ3) is 4.37. The lowest BCUT2D eigenvalue weighted by molar-refractivity contribution is -0.132. The lowest BCUT2D eigenvalue weighted by atomic mass is 9.88. The van der Waals surface area contributed by atoms with Gasteiger partial charge in [-0.3, -0.25) is 9.69 Å².